The number of anilines is 1. The zero-order chi connectivity index (χ0) is 22.6. The number of pyridine rings is 1. The fraction of sp³-hybridized carbons (Fsp3) is 0.577. The molecule has 2 aromatic rings. The molecule has 170 valence electrons. The summed E-state index contributed by atoms with van der Waals surface area (Å²) in [5.74, 6) is 1.16. The standard InChI is InChI=1S/C26H32N2O4/c1-15(2)23(25(31)32)28-7-6-19-20(24(28)30)4-3-5-21(19)27-22(29)14-26-11-16-8-17(12-26)10-18(9-16)13-26/h3-7,15-18,23H,8-14H2,1-2H3,(H,27,29)(H,31,32)/t16?,17?,18?,23-,26?/m1/s1. The molecule has 0 radical (unpaired) electrons. The van der Waals surface area contributed by atoms with Gasteiger partial charge in [-0.3, -0.25) is 9.59 Å². The van der Waals surface area contributed by atoms with Crippen LogP contribution in [-0.4, -0.2) is 21.6 Å². The summed E-state index contributed by atoms with van der Waals surface area (Å²) in [5, 5.41) is 13.8. The van der Waals surface area contributed by atoms with Crippen LogP contribution in [0.15, 0.2) is 35.3 Å². The van der Waals surface area contributed by atoms with Crippen molar-refractivity contribution in [2.24, 2.45) is 29.1 Å². The van der Waals surface area contributed by atoms with Gasteiger partial charge >= 0.3 is 5.97 Å². The van der Waals surface area contributed by atoms with Crippen LogP contribution in [0, 0.1) is 29.1 Å². The van der Waals surface area contributed by atoms with E-state index in [1.165, 1.54) is 49.3 Å². The number of carbonyl (C=O) groups excluding carboxylic acids is 1. The molecule has 1 heterocycles. The summed E-state index contributed by atoms with van der Waals surface area (Å²) in [6.45, 7) is 3.58. The van der Waals surface area contributed by atoms with Gasteiger partial charge in [-0.15, -0.1) is 0 Å². The topological polar surface area (TPSA) is 88.4 Å². The molecule has 6 rings (SSSR count). The number of benzene rings is 1. The van der Waals surface area contributed by atoms with Crippen LogP contribution in [0.25, 0.3) is 10.8 Å². The van der Waals surface area contributed by atoms with Crippen molar-refractivity contribution in [1.82, 2.24) is 4.57 Å². The molecule has 6 heteroatoms. The van der Waals surface area contributed by atoms with Crippen LogP contribution in [0.2, 0.25) is 0 Å². The highest BCUT2D eigenvalue weighted by molar-refractivity contribution is 6.02. The molecular formula is C26H32N2O4. The number of fused-ring (bicyclic) bond motifs is 1. The summed E-state index contributed by atoms with van der Waals surface area (Å²) < 4.78 is 1.29. The number of carboxylic acids is 1. The third-order valence-electron chi connectivity index (χ3n) is 8.13. The Morgan fingerprint density at radius 3 is 2.25 bits per heavy atom. The van der Waals surface area contributed by atoms with Crippen LogP contribution < -0.4 is 10.9 Å². The predicted molar refractivity (Wildman–Crippen MR) is 124 cm³/mol. The van der Waals surface area contributed by atoms with Crippen molar-refractivity contribution < 1.29 is 14.7 Å². The van der Waals surface area contributed by atoms with Crippen LogP contribution in [0.3, 0.4) is 0 Å². The van der Waals surface area contributed by atoms with Crippen molar-refractivity contribution in [3.05, 3.63) is 40.8 Å². The molecule has 1 amide bonds. The van der Waals surface area contributed by atoms with Gasteiger partial charge in [0.25, 0.3) is 5.56 Å². The summed E-state index contributed by atoms with van der Waals surface area (Å²) in [4.78, 5) is 37.9. The van der Waals surface area contributed by atoms with E-state index in [1.54, 1.807) is 32.0 Å². The van der Waals surface area contributed by atoms with E-state index in [1.807, 2.05) is 6.07 Å². The fourth-order valence-electron chi connectivity index (χ4n) is 7.39. The Labute approximate surface area is 188 Å². The lowest BCUT2D eigenvalue weighted by Crippen LogP contribution is -2.47. The highest BCUT2D eigenvalue weighted by Crippen LogP contribution is 2.61. The number of nitrogens with zero attached hydrogens (tertiary/aromatic N) is 1. The maximum Gasteiger partial charge on any atom is 0.327 e. The number of aliphatic carboxylic acids is 1. The molecule has 1 atom stereocenters. The number of aromatic nitrogens is 1. The highest BCUT2D eigenvalue weighted by Gasteiger charge is 2.51. The van der Waals surface area contributed by atoms with Gasteiger partial charge in [0.15, 0.2) is 0 Å². The quantitative estimate of drug-likeness (QED) is 0.679. The molecule has 0 spiro atoms. The lowest BCUT2D eigenvalue weighted by atomic mass is 9.49. The molecule has 1 aromatic heterocycles. The first kappa shape index (κ1) is 21.2. The molecule has 32 heavy (non-hydrogen) atoms. The average Bonchev–Trinajstić information content (AvgIpc) is 2.68. The first-order chi connectivity index (χ1) is 15.2. The van der Waals surface area contributed by atoms with E-state index in [0.717, 1.165) is 17.8 Å². The smallest absolute Gasteiger partial charge is 0.327 e. The normalized spacial score (nSPS) is 29.4. The van der Waals surface area contributed by atoms with Crippen molar-refractivity contribution in [1.29, 1.82) is 0 Å². The van der Waals surface area contributed by atoms with Gasteiger partial charge in [-0.25, -0.2) is 4.79 Å². The van der Waals surface area contributed by atoms with Crippen LogP contribution in [-0.2, 0) is 9.59 Å². The van der Waals surface area contributed by atoms with E-state index in [0.29, 0.717) is 22.9 Å². The molecule has 6 nitrogen and oxygen atoms in total. The Morgan fingerprint density at radius 2 is 1.69 bits per heavy atom. The van der Waals surface area contributed by atoms with E-state index in [4.69, 9.17) is 0 Å². The zero-order valence-corrected chi connectivity index (χ0v) is 18.8. The van der Waals surface area contributed by atoms with Crippen molar-refractivity contribution in [2.45, 2.75) is 64.8 Å². The number of hydrogen-bond donors (Lipinski definition) is 2. The molecule has 4 aliphatic rings. The summed E-state index contributed by atoms with van der Waals surface area (Å²) in [6, 6.07) is 6.08. The van der Waals surface area contributed by atoms with Gasteiger partial charge in [0.1, 0.15) is 6.04 Å². The Hall–Kier alpha value is -2.63. The number of carboxylic acid groups (broad SMARTS) is 1. The first-order valence-corrected chi connectivity index (χ1v) is 11.9. The molecule has 1 aromatic carbocycles. The van der Waals surface area contributed by atoms with E-state index in [2.05, 4.69) is 5.32 Å². The van der Waals surface area contributed by atoms with Gasteiger partial charge in [0.05, 0.1) is 0 Å². The lowest BCUT2D eigenvalue weighted by molar-refractivity contribution is -0.142. The van der Waals surface area contributed by atoms with Gasteiger partial charge in [0.2, 0.25) is 5.91 Å². The second-order valence-corrected chi connectivity index (χ2v) is 11.0. The van der Waals surface area contributed by atoms with Gasteiger partial charge in [-0.1, -0.05) is 19.9 Å². The zero-order valence-electron chi connectivity index (χ0n) is 18.8. The molecule has 4 bridgehead atoms. The molecule has 0 saturated heterocycles. The van der Waals surface area contributed by atoms with Crippen molar-refractivity contribution >= 4 is 28.3 Å². The Balaban J connectivity index is 1.40. The Morgan fingerprint density at radius 1 is 1.06 bits per heavy atom. The predicted octanol–water partition coefficient (Wildman–Crippen LogP) is 4.83. The summed E-state index contributed by atoms with van der Waals surface area (Å²) in [7, 11) is 0. The summed E-state index contributed by atoms with van der Waals surface area (Å²) >= 11 is 0. The summed E-state index contributed by atoms with van der Waals surface area (Å²) in [5.41, 5.74) is 0.431. The molecule has 4 fully saturated rings. The number of amides is 1. The average molecular weight is 437 g/mol. The van der Waals surface area contributed by atoms with E-state index in [-0.39, 0.29) is 22.8 Å². The van der Waals surface area contributed by atoms with E-state index < -0.39 is 12.0 Å². The van der Waals surface area contributed by atoms with Crippen molar-refractivity contribution in [3.63, 3.8) is 0 Å². The Kier molecular flexibility index (Phi) is 5.14. The largest absolute Gasteiger partial charge is 0.480 e. The SMILES string of the molecule is CC(C)[C@H](C(=O)O)n1ccc2c(NC(=O)CC34CC5CC(CC(C5)C3)C4)cccc2c1=O. The van der Waals surface area contributed by atoms with E-state index >= 15 is 0 Å². The maximum absolute atomic E-state index is 13.1. The monoisotopic (exact) mass is 436 g/mol. The minimum atomic E-state index is -1.03. The maximum atomic E-state index is 13.1. The third kappa shape index (κ3) is 3.63. The number of rotatable bonds is 6. The second kappa shape index (κ2) is 7.75. The van der Waals surface area contributed by atoms with E-state index in [9.17, 15) is 19.5 Å². The van der Waals surface area contributed by atoms with Gasteiger partial charge in [0, 0.05) is 29.1 Å². The molecule has 2 N–H and O–H groups in total. The minimum Gasteiger partial charge on any atom is -0.480 e. The van der Waals surface area contributed by atoms with Crippen LogP contribution in [0.1, 0.15) is 64.8 Å². The van der Waals surface area contributed by atoms with Crippen LogP contribution in [0.5, 0.6) is 0 Å². The van der Waals surface area contributed by atoms with Crippen LogP contribution in [0.4, 0.5) is 5.69 Å². The van der Waals surface area contributed by atoms with Gasteiger partial charge in [-0.2, -0.15) is 0 Å². The fourth-order valence-corrected chi connectivity index (χ4v) is 7.39. The lowest BCUT2D eigenvalue weighted by Gasteiger charge is -2.56. The van der Waals surface area contributed by atoms with Crippen LogP contribution >= 0.6 is 0 Å². The first-order valence-electron chi connectivity index (χ1n) is 11.9. The second-order valence-electron chi connectivity index (χ2n) is 11.0. The molecule has 0 aliphatic heterocycles. The molecule has 0 unspecified atom stereocenters. The molecule has 4 saturated carbocycles. The highest BCUT2D eigenvalue weighted by atomic mass is 16.4. The Bertz CT molecular complexity index is 1100. The summed E-state index contributed by atoms with van der Waals surface area (Å²) in [6.07, 6.45) is 9.68. The van der Waals surface area contributed by atoms with Crippen molar-refractivity contribution in [3.8, 4) is 0 Å². The number of carbonyl (C=O) groups is 2. The number of nitrogens with one attached hydrogen (secondary N) is 1. The third-order valence-corrected chi connectivity index (χ3v) is 8.13. The number of hydrogen-bond acceptors (Lipinski definition) is 3. The minimum absolute atomic E-state index is 0.0224. The molecule has 4 aliphatic carbocycles. The van der Waals surface area contributed by atoms with Gasteiger partial charge in [-0.05, 0) is 85.8 Å². The molecular weight excluding hydrogens is 404 g/mol. The van der Waals surface area contributed by atoms with Crippen molar-refractivity contribution in [2.75, 3.05) is 5.32 Å². The van der Waals surface area contributed by atoms with Gasteiger partial charge < -0.3 is 15.0 Å².